The van der Waals surface area contributed by atoms with Crippen molar-refractivity contribution >= 4 is 11.8 Å². The molecule has 3 heterocycles. The van der Waals surface area contributed by atoms with Crippen LogP contribution in [-0.2, 0) is 4.74 Å². The van der Waals surface area contributed by atoms with Crippen molar-refractivity contribution in [2.45, 2.75) is 56.7 Å². The normalized spacial score (nSPS) is 34.4. The first-order valence-corrected chi connectivity index (χ1v) is 8.93. The van der Waals surface area contributed by atoms with E-state index in [4.69, 9.17) is 10.5 Å². The predicted octanol–water partition coefficient (Wildman–Crippen LogP) is 2.10. The Balaban J connectivity index is 1.58. The minimum absolute atomic E-state index is 0.0634. The Morgan fingerprint density at radius 2 is 1.95 bits per heavy atom. The van der Waals surface area contributed by atoms with Gasteiger partial charge >= 0.3 is 0 Å². The summed E-state index contributed by atoms with van der Waals surface area (Å²) in [5, 5.41) is 0. The molecule has 1 atom stereocenters. The molecule has 3 fully saturated rings. The van der Waals surface area contributed by atoms with E-state index in [0.717, 1.165) is 19.7 Å². The third kappa shape index (κ3) is 2.69. The van der Waals surface area contributed by atoms with Gasteiger partial charge in [0, 0.05) is 31.3 Å². The summed E-state index contributed by atoms with van der Waals surface area (Å²) < 4.78 is 6.18. The molecule has 3 nitrogen and oxygen atoms in total. The van der Waals surface area contributed by atoms with Crippen LogP contribution in [0.25, 0.3) is 0 Å². The van der Waals surface area contributed by atoms with Gasteiger partial charge in [-0.25, -0.2) is 0 Å². The van der Waals surface area contributed by atoms with E-state index in [9.17, 15) is 0 Å². The quantitative estimate of drug-likeness (QED) is 0.843. The van der Waals surface area contributed by atoms with Gasteiger partial charge in [-0.15, -0.1) is 0 Å². The maximum absolute atomic E-state index is 6.44. The number of hydrogen-bond donors (Lipinski definition) is 1. The molecule has 2 N–H and O–H groups in total. The predicted molar refractivity (Wildman–Crippen MR) is 81.6 cm³/mol. The van der Waals surface area contributed by atoms with Gasteiger partial charge in [-0.3, -0.25) is 4.90 Å². The first-order chi connectivity index (χ1) is 9.03. The monoisotopic (exact) mass is 284 g/mol. The van der Waals surface area contributed by atoms with Crippen molar-refractivity contribution < 1.29 is 4.74 Å². The second-order valence-corrected chi connectivity index (χ2v) is 8.31. The molecule has 1 unspecified atom stereocenters. The number of hydrogen-bond acceptors (Lipinski definition) is 4. The zero-order chi connectivity index (χ0) is 13.5. The van der Waals surface area contributed by atoms with E-state index >= 15 is 0 Å². The van der Waals surface area contributed by atoms with E-state index in [1.54, 1.807) is 0 Å². The largest absolute Gasteiger partial charge is 0.375 e. The highest BCUT2D eigenvalue weighted by molar-refractivity contribution is 7.99. The molecule has 3 saturated heterocycles. The zero-order valence-electron chi connectivity index (χ0n) is 12.4. The summed E-state index contributed by atoms with van der Waals surface area (Å²) in [5.74, 6) is 3.14. The minimum atomic E-state index is 0.0634. The van der Waals surface area contributed by atoms with Crippen LogP contribution in [0, 0.1) is 5.92 Å². The number of nitrogens with zero attached hydrogens (tertiary/aromatic N) is 1. The second-order valence-electron chi connectivity index (χ2n) is 7.08. The summed E-state index contributed by atoms with van der Waals surface area (Å²) in [4.78, 5) is 2.62. The molecule has 0 aromatic carbocycles. The number of rotatable bonds is 2. The van der Waals surface area contributed by atoms with Crippen molar-refractivity contribution in [1.29, 1.82) is 0 Å². The summed E-state index contributed by atoms with van der Waals surface area (Å²) in [7, 11) is 0. The van der Waals surface area contributed by atoms with E-state index in [1.807, 2.05) is 0 Å². The lowest BCUT2D eigenvalue weighted by Gasteiger charge is -2.56. The van der Waals surface area contributed by atoms with Crippen molar-refractivity contribution in [2.24, 2.45) is 11.7 Å². The average molecular weight is 284 g/mol. The van der Waals surface area contributed by atoms with Crippen LogP contribution >= 0.6 is 11.8 Å². The Hall–Kier alpha value is 0.230. The number of nitrogens with two attached hydrogens (primary N) is 1. The maximum atomic E-state index is 6.44. The molecule has 4 heteroatoms. The fraction of sp³-hybridized carbons (Fsp3) is 1.00. The molecule has 0 aliphatic carbocycles. The Labute approximate surface area is 121 Å². The summed E-state index contributed by atoms with van der Waals surface area (Å²) in [6, 6.07) is 0.715. The van der Waals surface area contributed by atoms with E-state index in [0.29, 0.717) is 12.0 Å². The van der Waals surface area contributed by atoms with Gasteiger partial charge in [0.05, 0.1) is 5.60 Å². The van der Waals surface area contributed by atoms with Crippen LogP contribution in [0.5, 0.6) is 0 Å². The topological polar surface area (TPSA) is 38.5 Å². The van der Waals surface area contributed by atoms with Crippen molar-refractivity contribution in [1.82, 2.24) is 4.90 Å². The van der Waals surface area contributed by atoms with Gasteiger partial charge < -0.3 is 10.5 Å². The first-order valence-electron chi connectivity index (χ1n) is 7.78. The van der Waals surface area contributed by atoms with Crippen LogP contribution in [0.4, 0.5) is 0 Å². The van der Waals surface area contributed by atoms with E-state index in [-0.39, 0.29) is 11.1 Å². The molecule has 0 amide bonds. The van der Waals surface area contributed by atoms with Crippen LogP contribution in [0.3, 0.4) is 0 Å². The number of thioether (sulfide) groups is 1. The highest BCUT2D eigenvalue weighted by Gasteiger charge is 2.48. The standard InChI is InChI=1S/C15H28N2OS/c1-12(2)15(16)10-17(11-15)13-3-6-18-14(9-13)4-7-19-8-5-14/h12-13H,3-11,16H2,1-2H3. The third-order valence-corrected chi connectivity index (χ3v) is 6.52. The van der Waals surface area contributed by atoms with Crippen molar-refractivity contribution in [3.8, 4) is 0 Å². The molecule has 3 rings (SSSR count). The minimum Gasteiger partial charge on any atom is -0.375 e. The molecule has 110 valence electrons. The van der Waals surface area contributed by atoms with Crippen LogP contribution in [0.1, 0.15) is 39.5 Å². The molecule has 0 radical (unpaired) electrons. The summed E-state index contributed by atoms with van der Waals surface area (Å²) in [6.45, 7) is 7.62. The lowest BCUT2D eigenvalue weighted by Crippen LogP contribution is -2.72. The second kappa shape index (κ2) is 5.21. The van der Waals surface area contributed by atoms with E-state index in [2.05, 4.69) is 30.5 Å². The van der Waals surface area contributed by atoms with Gasteiger partial charge in [0.25, 0.3) is 0 Å². The molecule has 0 aromatic rings. The Morgan fingerprint density at radius 3 is 2.58 bits per heavy atom. The summed E-state index contributed by atoms with van der Waals surface area (Å²) in [6.07, 6.45) is 4.94. The average Bonchev–Trinajstić information content (AvgIpc) is 2.35. The highest BCUT2D eigenvalue weighted by Crippen LogP contribution is 2.41. The van der Waals surface area contributed by atoms with Gasteiger partial charge in [0.2, 0.25) is 0 Å². The van der Waals surface area contributed by atoms with E-state index in [1.165, 1.54) is 37.2 Å². The van der Waals surface area contributed by atoms with Gasteiger partial charge in [-0.1, -0.05) is 13.8 Å². The number of likely N-dealkylation sites (tertiary alicyclic amines) is 1. The molecule has 0 bridgehead atoms. The molecule has 0 saturated carbocycles. The number of ether oxygens (including phenoxy) is 1. The van der Waals surface area contributed by atoms with Gasteiger partial charge in [-0.05, 0) is 43.1 Å². The van der Waals surface area contributed by atoms with E-state index < -0.39 is 0 Å². The molecule has 1 spiro atoms. The van der Waals surface area contributed by atoms with Crippen LogP contribution < -0.4 is 5.73 Å². The Bertz CT molecular complexity index is 317. The summed E-state index contributed by atoms with van der Waals surface area (Å²) >= 11 is 2.08. The van der Waals surface area contributed by atoms with Crippen molar-refractivity contribution in [3.05, 3.63) is 0 Å². The third-order valence-electron chi connectivity index (χ3n) is 5.53. The van der Waals surface area contributed by atoms with Crippen LogP contribution in [-0.4, -0.2) is 53.3 Å². The van der Waals surface area contributed by atoms with Crippen LogP contribution in [0.15, 0.2) is 0 Å². The lowest BCUT2D eigenvalue weighted by molar-refractivity contribution is -0.129. The van der Waals surface area contributed by atoms with Crippen LogP contribution in [0.2, 0.25) is 0 Å². The first kappa shape index (κ1) is 14.2. The lowest BCUT2D eigenvalue weighted by atomic mass is 9.76. The maximum Gasteiger partial charge on any atom is 0.0713 e. The molecular weight excluding hydrogens is 256 g/mol. The van der Waals surface area contributed by atoms with Gasteiger partial charge in [0.1, 0.15) is 0 Å². The zero-order valence-corrected chi connectivity index (χ0v) is 13.2. The van der Waals surface area contributed by atoms with Crippen molar-refractivity contribution in [2.75, 3.05) is 31.2 Å². The highest BCUT2D eigenvalue weighted by atomic mass is 32.2. The Kier molecular flexibility index (Phi) is 3.89. The molecular formula is C15H28N2OS. The molecule has 3 aliphatic heterocycles. The fourth-order valence-electron chi connectivity index (χ4n) is 3.74. The molecule has 19 heavy (non-hydrogen) atoms. The Morgan fingerprint density at radius 1 is 1.26 bits per heavy atom. The summed E-state index contributed by atoms with van der Waals surface area (Å²) in [5.41, 5.74) is 6.71. The van der Waals surface area contributed by atoms with Crippen molar-refractivity contribution in [3.63, 3.8) is 0 Å². The smallest absolute Gasteiger partial charge is 0.0713 e. The van der Waals surface area contributed by atoms with Gasteiger partial charge in [0.15, 0.2) is 0 Å². The molecule has 0 aromatic heterocycles. The molecule has 3 aliphatic rings. The van der Waals surface area contributed by atoms with Gasteiger partial charge in [-0.2, -0.15) is 11.8 Å². The fourth-order valence-corrected chi connectivity index (χ4v) is 4.98. The SMILES string of the molecule is CC(C)C1(N)CN(C2CCOC3(CCSCC3)C2)C1.